The molecule has 0 radical (unpaired) electrons. The van der Waals surface area contributed by atoms with Crippen LogP contribution in [-0.4, -0.2) is 29.6 Å². The van der Waals surface area contributed by atoms with Crippen molar-refractivity contribution < 1.29 is 19.4 Å². The van der Waals surface area contributed by atoms with Crippen molar-refractivity contribution in [1.82, 2.24) is 5.32 Å². The maximum absolute atomic E-state index is 12.2. The van der Waals surface area contributed by atoms with E-state index in [1.807, 2.05) is 19.1 Å². The van der Waals surface area contributed by atoms with Crippen LogP contribution in [0.3, 0.4) is 0 Å². The number of methoxy groups -OCH3 is 1. The zero-order valence-electron chi connectivity index (χ0n) is 12.4. The van der Waals surface area contributed by atoms with Gasteiger partial charge in [-0.15, -0.1) is 0 Å². The van der Waals surface area contributed by atoms with Crippen LogP contribution in [0, 0.1) is 6.92 Å². The number of carboxylic acids is 1. The summed E-state index contributed by atoms with van der Waals surface area (Å²) in [6.07, 6.45) is 2.89. The number of carbonyl (C=O) groups excluding carboxylic acids is 1. The second-order valence-electron chi connectivity index (χ2n) is 5.61. The highest BCUT2D eigenvalue weighted by Crippen LogP contribution is 2.30. The van der Waals surface area contributed by atoms with E-state index < -0.39 is 11.5 Å². The van der Waals surface area contributed by atoms with Gasteiger partial charge in [0.1, 0.15) is 11.3 Å². The molecule has 2 rings (SSSR count). The number of amides is 1. The molecule has 5 nitrogen and oxygen atoms in total. The Morgan fingerprint density at radius 2 is 2.00 bits per heavy atom. The van der Waals surface area contributed by atoms with Crippen molar-refractivity contribution >= 4 is 11.9 Å². The topological polar surface area (TPSA) is 75.6 Å². The zero-order chi connectivity index (χ0) is 15.5. The molecular weight excluding hydrogens is 270 g/mol. The van der Waals surface area contributed by atoms with Gasteiger partial charge in [0.05, 0.1) is 13.5 Å². The third kappa shape index (κ3) is 3.35. The van der Waals surface area contributed by atoms with Crippen molar-refractivity contribution in [2.75, 3.05) is 7.11 Å². The molecule has 1 aromatic carbocycles. The molecule has 2 N–H and O–H groups in total. The number of hydrogen-bond acceptors (Lipinski definition) is 3. The number of hydrogen-bond donors (Lipinski definition) is 2. The van der Waals surface area contributed by atoms with E-state index in [-0.39, 0.29) is 12.3 Å². The molecule has 1 aliphatic rings. The van der Waals surface area contributed by atoms with Gasteiger partial charge >= 0.3 is 5.97 Å². The number of aliphatic carboxylic acids is 1. The van der Waals surface area contributed by atoms with E-state index in [4.69, 9.17) is 4.74 Å². The number of carbonyl (C=O) groups is 2. The molecule has 1 aromatic rings. The van der Waals surface area contributed by atoms with Crippen LogP contribution >= 0.6 is 0 Å². The Bertz CT molecular complexity index is 547. The summed E-state index contributed by atoms with van der Waals surface area (Å²) < 4.78 is 5.13. The van der Waals surface area contributed by atoms with Crippen LogP contribution in [0.5, 0.6) is 5.75 Å². The first-order valence-corrected chi connectivity index (χ1v) is 7.15. The van der Waals surface area contributed by atoms with Gasteiger partial charge in [0.2, 0.25) is 5.91 Å². The lowest BCUT2D eigenvalue weighted by atomic mass is 9.96. The number of ether oxygens (including phenoxy) is 1. The van der Waals surface area contributed by atoms with Crippen LogP contribution in [0.4, 0.5) is 0 Å². The molecule has 5 heteroatoms. The van der Waals surface area contributed by atoms with Gasteiger partial charge in [-0.1, -0.05) is 18.9 Å². The van der Waals surface area contributed by atoms with Gasteiger partial charge in [-0.3, -0.25) is 4.79 Å². The maximum Gasteiger partial charge on any atom is 0.329 e. The molecule has 0 heterocycles. The summed E-state index contributed by atoms with van der Waals surface area (Å²) >= 11 is 0. The van der Waals surface area contributed by atoms with Crippen molar-refractivity contribution in [2.45, 2.75) is 44.6 Å². The molecule has 114 valence electrons. The number of rotatable bonds is 5. The van der Waals surface area contributed by atoms with Gasteiger partial charge in [-0.05, 0) is 43.0 Å². The highest BCUT2D eigenvalue weighted by atomic mass is 16.5. The van der Waals surface area contributed by atoms with E-state index >= 15 is 0 Å². The summed E-state index contributed by atoms with van der Waals surface area (Å²) in [5.74, 6) is -0.429. The number of nitrogens with one attached hydrogen (secondary N) is 1. The third-order valence-corrected chi connectivity index (χ3v) is 4.15. The molecule has 0 aromatic heterocycles. The largest absolute Gasteiger partial charge is 0.497 e. The van der Waals surface area contributed by atoms with Crippen LogP contribution in [0.25, 0.3) is 0 Å². The van der Waals surface area contributed by atoms with Gasteiger partial charge in [-0.2, -0.15) is 0 Å². The minimum atomic E-state index is -1.07. The van der Waals surface area contributed by atoms with Gasteiger partial charge in [0, 0.05) is 0 Å². The molecule has 1 fully saturated rings. The quantitative estimate of drug-likeness (QED) is 0.870. The first-order chi connectivity index (χ1) is 9.97. The Morgan fingerprint density at radius 1 is 1.33 bits per heavy atom. The van der Waals surface area contributed by atoms with E-state index in [0.29, 0.717) is 12.8 Å². The van der Waals surface area contributed by atoms with Gasteiger partial charge in [0.25, 0.3) is 0 Å². The fraction of sp³-hybridized carbons (Fsp3) is 0.500. The molecule has 0 saturated heterocycles. The van der Waals surface area contributed by atoms with Crippen molar-refractivity contribution in [1.29, 1.82) is 0 Å². The first-order valence-electron chi connectivity index (χ1n) is 7.15. The number of benzene rings is 1. The average molecular weight is 291 g/mol. The van der Waals surface area contributed by atoms with Crippen molar-refractivity contribution in [2.24, 2.45) is 0 Å². The average Bonchev–Trinajstić information content (AvgIpc) is 2.90. The zero-order valence-corrected chi connectivity index (χ0v) is 12.4. The van der Waals surface area contributed by atoms with E-state index in [9.17, 15) is 14.7 Å². The Labute approximate surface area is 124 Å². The Balaban J connectivity index is 2.06. The van der Waals surface area contributed by atoms with Crippen molar-refractivity contribution in [3.05, 3.63) is 29.3 Å². The molecule has 0 bridgehead atoms. The monoisotopic (exact) mass is 291 g/mol. The summed E-state index contributed by atoms with van der Waals surface area (Å²) in [6, 6.07) is 5.51. The smallest absolute Gasteiger partial charge is 0.329 e. The van der Waals surface area contributed by atoms with Crippen molar-refractivity contribution in [3.8, 4) is 5.75 Å². The van der Waals surface area contributed by atoms with Crippen LogP contribution in [-0.2, 0) is 16.0 Å². The second kappa shape index (κ2) is 6.16. The molecule has 0 atom stereocenters. The summed E-state index contributed by atoms with van der Waals surface area (Å²) in [7, 11) is 1.60. The highest BCUT2D eigenvalue weighted by molar-refractivity contribution is 5.88. The van der Waals surface area contributed by atoms with E-state index in [1.165, 1.54) is 0 Å². The summed E-state index contributed by atoms with van der Waals surface area (Å²) in [6.45, 7) is 1.91. The lowest BCUT2D eigenvalue weighted by Gasteiger charge is -2.25. The fourth-order valence-corrected chi connectivity index (χ4v) is 2.85. The molecule has 0 spiro atoms. The van der Waals surface area contributed by atoms with Crippen LogP contribution < -0.4 is 10.1 Å². The normalized spacial score (nSPS) is 16.5. The summed E-state index contributed by atoms with van der Waals surface area (Å²) in [5.41, 5.74) is 0.768. The SMILES string of the molecule is COc1ccc(CC(=O)NC2(C(=O)O)CCCC2)c(C)c1. The van der Waals surface area contributed by atoms with E-state index in [0.717, 1.165) is 29.7 Å². The van der Waals surface area contributed by atoms with Gasteiger partial charge < -0.3 is 15.2 Å². The predicted molar refractivity (Wildman–Crippen MR) is 78.4 cm³/mol. The minimum Gasteiger partial charge on any atom is -0.497 e. The molecule has 1 amide bonds. The van der Waals surface area contributed by atoms with Crippen molar-refractivity contribution in [3.63, 3.8) is 0 Å². The first kappa shape index (κ1) is 15.4. The predicted octanol–water partition coefficient (Wildman–Crippen LogP) is 2.06. The molecule has 0 aliphatic heterocycles. The third-order valence-electron chi connectivity index (χ3n) is 4.15. The Hall–Kier alpha value is -2.04. The highest BCUT2D eigenvalue weighted by Gasteiger charge is 2.42. The number of aryl methyl sites for hydroxylation is 1. The molecule has 1 aliphatic carbocycles. The fourth-order valence-electron chi connectivity index (χ4n) is 2.85. The molecule has 0 unspecified atom stereocenters. The molecule has 1 saturated carbocycles. The van der Waals surface area contributed by atoms with E-state index in [1.54, 1.807) is 13.2 Å². The maximum atomic E-state index is 12.2. The van der Waals surface area contributed by atoms with Gasteiger partial charge in [-0.25, -0.2) is 4.79 Å². The Morgan fingerprint density at radius 3 is 2.52 bits per heavy atom. The minimum absolute atomic E-state index is 0.185. The number of carboxylic acid groups (broad SMARTS) is 1. The molecular formula is C16H21NO4. The lowest BCUT2D eigenvalue weighted by Crippen LogP contribution is -2.53. The summed E-state index contributed by atoms with van der Waals surface area (Å²) in [4.78, 5) is 23.6. The summed E-state index contributed by atoms with van der Waals surface area (Å²) in [5, 5.41) is 12.1. The second-order valence-corrected chi connectivity index (χ2v) is 5.61. The Kier molecular flexibility index (Phi) is 4.50. The van der Waals surface area contributed by atoms with Gasteiger partial charge in [0.15, 0.2) is 0 Å². The van der Waals surface area contributed by atoms with Crippen LogP contribution in [0.1, 0.15) is 36.8 Å². The molecule has 21 heavy (non-hydrogen) atoms. The van der Waals surface area contributed by atoms with Crippen LogP contribution in [0.2, 0.25) is 0 Å². The van der Waals surface area contributed by atoms with E-state index in [2.05, 4.69) is 5.32 Å². The van der Waals surface area contributed by atoms with Crippen LogP contribution in [0.15, 0.2) is 18.2 Å². The standard InChI is InChI=1S/C16H21NO4/c1-11-9-13(21-2)6-5-12(11)10-14(18)17-16(15(19)20)7-3-4-8-16/h5-6,9H,3-4,7-8,10H2,1-2H3,(H,17,18)(H,19,20). The lowest BCUT2D eigenvalue weighted by molar-refractivity contribution is -0.147.